The SMILES string of the molecule is O=C(O)c1ccc(C(F)(F)F)cc1NS(=O)(=O)C1CCS(=O)(=O)CC1. The summed E-state index contributed by atoms with van der Waals surface area (Å²) in [6.45, 7) is 0. The van der Waals surface area contributed by atoms with E-state index in [0.717, 1.165) is 0 Å². The van der Waals surface area contributed by atoms with Gasteiger partial charge in [-0.15, -0.1) is 0 Å². The van der Waals surface area contributed by atoms with E-state index >= 15 is 0 Å². The van der Waals surface area contributed by atoms with Gasteiger partial charge >= 0.3 is 12.1 Å². The summed E-state index contributed by atoms with van der Waals surface area (Å²) in [6, 6.07) is 1.60. The van der Waals surface area contributed by atoms with Gasteiger partial charge in [-0.1, -0.05) is 0 Å². The number of benzene rings is 1. The first-order chi connectivity index (χ1) is 11.3. The highest BCUT2D eigenvalue weighted by Crippen LogP contribution is 2.33. The summed E-state index contributed by atoms with van der Waals surface area (Å²) in [6.07, 6.45) is -5.20. The molecular weight excluding hydrogens is 387 g/mol. The summed E-state index contributed by atoms with van der Waals surface area (Å²) < 4.78 is 87.6. The van der Waals surface area contributed by atoms with Crippen molar-refractivity contribution in [2.75, 3.05) is 16.2 Å². The van der Waals surface area contributed by atoms with Gasteiger partial charge in [0.15, 0.2) is 0 Å². The highest BCUT2D eigenvalue weighted by atomic mass is 32.2. The molecule has 0 atom stereocenters. The molecule has 0 amide bonds. The Morgan fingerprint density at radius 2 is 1.76 bits per heavy atom. The lowest BCUT2D eigenvalue weighted by Gasteiger charge is -2.23. The molecule has 1 aromatic rings. The van der Waals surface area contributed by atoms with Crippen molar-refractivity contribution in [3.8, 4) is 0 Å². The number of aromatic carboxylic acids is 1. The number of rotatable bonds is 4. The molecule has 12 heteroatoms. The predicted molar refractivity (Wildman–Crippen MR) is 82.6 cm³/mol. The molecule has 1 fully saturated rings. The molecule has 0 spiro atoms. The maximum atomic E-state index is 12.8. The van der Waals surface area contributed by atoms with Gasteiger partial charge in [0.2, 0.25) is 10.0 Å². The number of sulfone groups is 1. The molecule has 0 unspecified atom stereocenters. The van der Waals surface area contributed by atoms with E-state index < -0.39 is 54.1 Å². The van der Waals surface area contributed by atoms with E-state index in [1.54, 1.807) is 0 Å². The van der Waals surface area contributed by atoms with Crippen molar-refractivity contribution in [3.05, 3.63) is 29.3 Å². The van der Waals surface area contributed by atoms with Crippen molar-refractivity contribution in [2.45, 2.75) is 24.3 Å². The monoisotopic (exact) mass is 401 g/mol. The normalized spacial score (nSPS) is 18.7. The maximum absolute atomic E-state index is 12.8. The average molecular weight is 401 g/mol. The molecule has 0 saturated carbocycles. The number of carbonyl (C=O) groups is 1. The first-order valence-corrected chi connectivity index (χ1v) is 10.4. The van der Waals surface area contributed by atoms with Crippen LogP contribution in [0.1, 0.15) is 28.8 Å². The second-order valence-corrected chi connectivity index (χ2v) is 9.83. The Hall–Kier alpha value is -1.82. The fourth-order valence-electron chi connectivity index (χ4n) is 2.41. The molecule has 1 aliphatic heterocycles. The third-order valence-electron chi connectivity index (χ3n) is 3.77. The highest BCUT2D eigenvalue weighted by molar-refractivity contribution is 7.94. The fraction of sp³-hybridized carbons (Fsp3) is 0.462. The molecule has 2 N–H and O–H groups in total. The third kappa shape index (κ3) is 4.63. The molecule has 1 saturated heterocycles. The molecule has 140 valence electrons. The molecule has 2 rings (SSSR count). The smallest absolute Gasteiger partial charge is 0.416 e. The first kappa shape index (κ1) is 19.5. The Bertz CT molecular complexity index is 879. The van der Waals surface area contributed by atoms with Crippen LogP contribution in [0.4, 0.5) is 18.9 Å². The predicted octanol–water partition coefficient (Wildman–Crippen LogP) is 1.72. The van der Waals surface area contributed by atoms with Crippen LogP contribution in [0.3, 0.4) is 0 Å². The number of anilines is 1. The molecule has 7 nitrogen and oxygen atoms in total. The number of carboxylic acid groups (broad SMARTS) is 1. The van der Waals surface area contributed by atoms with Crippen molar-refractivity contribution >= 4 is 31.5 Å². The topological polar surface area (TPSA) is 118 Å². The Balaban J connectivity index is 2.36. The molecule has 1 heterocycles. The van der Waals surface area contributed by atoms with E-state index in [2.05, 4.69) is 0 Å². The Morgan fingerprint density at radius 1 is 1.20 bits per heavy atom. The van der Waals surface area contributed by atoms with Gasteiger partial charge in [0.1, 0.15) is 9.84 Å². The summed E-state index contributed by atoms with van der Waals surface area (Å²) >= 11 is 0. The number of hydrogen-bond donors (Lipinski definition) is 2. The lowest BCUT2D eigenvalue weighted by atomic mass is 10.1. The van der Waals surface area contributed by atoms with Crippen LogP contribution in [-0.4, -0.2) is 44.7 Å². The number of hydrogen-bond acceptors (Lipinski definition) is 5. The molecule has 1 aliphatic rings. The minimum absolute atomic E-state index is 0.209. The van der Waals surface area contributed by atoms with E-state index in [4.69, 9.17) is 5.11 Å². The van der Waals surface area contributed by atoms with Gasteiger partial charge in [-0.2, -0.15) is 13.2 Å². The van der Waals surface area contributed by atoms with Gasteiger partial charge in [-0.05, 0) is 31.0 Å². The minimum Gasteiger partial charge on any atom is -0.478 e. The summed E-state index contributed by atoms with van der Waals surface area (Å²) in [5.74, 6) is -2.31. The zero-order chi connectivity index (χ0) is 19.0. The van der Waals surface area contributed by atoms with Crippen LogP contribution in [0, 0.1) is 0 Å². The summed E-state index contributed by atoms with van der Waals surface area (Å²) in [4.78, 5) is 11.1. The van der Waals surface area contributed by atoms with Crippen molar-refractivity contribution in [2.24, 2.45) is 0 Å². The van der Waals surface area contributed by atoms with Gasteiger partial charge in [0.25, 0.3) is 0 Å². The van der Waals surface area contributed by atoms with Crippen LogP contribution < -0.4 is 4.72 Å². The second-order valence-electron chi connectivity index (χ2n) is 5.56. The highest BCUT2D eigenvalue weighted by Gasteiger charge is 2.35. The van der Waals surface area contributed by atoms with Crippen molar-refractivity contribution in [1.82, 2.24) is 0 Å². The quantitative estimate of drug-likeness (QED) is 0.793. The van der Waals surface area contributed by atoms with Crippen molar-refractivity contribution in [3.63, 3.8) is 0 Å². The molecule has 0 bridgehead atoms. The summed E-state index contributed by atoms with van der Waals surface area (Å²) in [5.41, 5.74) is -2.56. The number of halogens is 3. The van der Waals surface area contributed by atoms with E-state index in [0.29, 0.717) is 18.2 Å². The number of alkyl halides is 3. The average Bonchev–Trinajstić information content (AvgIpc) is 2.45. The van der Waals surface area contributed by atoms with Crippen molar-refractivity contribution < 1.29 is 39.9 Å². The number of carboxylic acids is 1. The zero-order valence-corrected chi connectivity index (χ0v) is 14.2. The molecule has 25 heavy (non-hydrogen) atoms. The van der Waals surface area contributed by atoms with Crippen LogP contribution in [0.5, 0.6) is 0 Å². The van der Waals surface area contributed by atoms with E-state index in [1.807, 2.05) is 4.72 Å². The Labute approximate surface area is 141 Å². The molecular formula is C13H14F3NO6S2. The molecule has 0 radical (unpaired) electrons. The largest absolute Gasteiger partial charge is 0.478 e. The fourth-order valence-corrected chi connectivity index (χ4v) is 5.69. The number of sulfonamides is 1. The van der Waals surface area contributed by atoms with Gasteiger partial charge < -0.3 is 5.11 Å². The molecule has 0 aromatic heterocycles. The van der Waals surface area contributed by atoms with Gasteiger partial charge in [0.05, 0.1) is 33.6 Å². The second kappa shape index (κ2) is 6.48. The minimum atomic E-state index is -4.78. The summed E-state index contributed by atoms with van der Waals surface area (Å²) in [7, 11) is -7.58. The van der Waals surface area contributed by atoms with E-state index in [-0.39, 0.29) is 24.3 Å². The molecule has 1 aromatic carbocycles. The van der Waals surface area contributed by atoms with Gasteiger partial charge in [0, 0.05) is 0 Å². The van der Waals surface area contributed by atoms with Crippen LogP contribution in [-0.2, 0) is 26.0 Å². The zero-order valence-electron chi connectivity index (χ0n) is 12.6. The maximum Gasteiger partial charge on any atom is 0.416 e. The van der Waals surface area contributed by atoms with E-state index in [1.165, 1.54) is 0 Å². The van der Waals surface area contributed by atoms with Crippen LogP contribution in [0.2, 0.25) is 0 Å². The van der Waals surface area contributed by atoms with Gasteiger partial charge in [-0.25, -0.2) is 21.6 Å². The third-order valence-corrected chi connectivity index (χ3v) is 7.34. The first-order valence-electron chi connectivity index (χ1n) is 6.98. The van der Waals surface area contributed by atoms with Crippen LogP contribution in [0.15, 0.2) is 18.2 Å². The van der Waals surface area contributed by atoms with Crippen molar-refractivity contribution in [1.29, 1.82) is 0 Å². The summed E-state index contributed by atoms with van der Waals surface area (Å²) in [5, 5.41) is 7.91. The van der Waals surface area contributed by atoms with Crippen LogP contribution >= 0.6 is 0 Å². The number of nitrogens with one attached hydrogen (secondary N) is 1. The lowest BCUT2D eigenvalue weighted by molar-refractivity contribution is -0.137. The van der Waals surface area contributed by atoms with Crippen LogP contribution in [0.25, 0.3) is 0 Å². The lowest BCUT2D eigenvalue weighted by Crippen LogP contribution is -2.36. The Kier molecular flexibility index (Phi) is 5.06. The molecule has 0 aliphatic carbocycles. The standard InChI is InChI=1S/C13H14F3NO6S2/c14-13(15,16)8-1-2-10(12(18)19)11(7-8)17-25(22,23)9-3-5-24(20,21)6-4-9/h1-2,7,9,17H,3-6H2,(H,18,19). The van der Waals surface area contributed by atoms with Gasteiger partial charge in [-0.3, -0.25) is 4.72 Å². The Morgan fingerprint density at radius 3 is 2.24 bits per heavy atom. The van der Waals surface area contributed by atoms with E-state index in [9.17, 15) is 34.8 Å².